The molecule has 0 bridgehead atoms. The number of hydrogen-bond donors (Lipinski definition) is 3. The number of piperidine rings is 1. The molecule has 4 nitrogen and oxygen atoms in total. The van der Waals surface area contributed by atoms with Crippen molar-refractivity contribution in [3.63, 3.8) is 0 Å². The molecule has 0 aliphatic carbocycles. The number of aliphatic hydroxyl groups is 1. The molecule has 1 amide bonds. The number of hydrogen-bond acceptors (Lipinski definition) is 4. The van der Waals surface area contributed by atoms with Gasteiger partial charge in [0, 0.05) is 12.3 Å². The van der Waals surface area contributed by atoms with Crippen LogP contribution in [0, 0.1) is 0 Å². The van der Waals surface area contributed by atoms with E-state index in [1.807, 2.05) is 6.26 Å². The summed E-state index contributed by atoms with van der Waals surface area (Å²) >= 11 is 1.58. The predicted molar refractivity (Wildman–Crippen MR) is 67.7 cm³/mol. The molecule has 2 unspecified atom stereocenters. The molecule has 1 aliphatic rings. The van der Waals surface area contributed by atoms with Crippen LogP contribution < -0.4 is 10.6 Å². The molecule has 1 rings (SSSR count). The first-order valence-electron chi connectivity index (χ1n) is 5.77. The quantitative estimate of drug-likeness (QED) is 0.655. The van der Waals surface area contributed by atoms with Gasteiger partial charge in [0.25, 0.3) is 0 Å². The van der Waals surface area contributed by atoms with Crippen LogP contribution in [0.5, 0.6) is 0 Å². The lowest BCUT2D eigenvalue weighted by atomic mass is 10.0. The van der Waals surface area contributed by atoms with Crippen LogP contribution in [0.3, 0.4) is 0 Å². The van der Waals surface area contributed by atoms with Crippen molar-refractivity contribution < 1.29 is 9.90 Å². The second-order valence-electron chi connectivity index (χ2n) is 4.65. The van der Waals surface area contributed by atoms with Gasteiger partial charge in [-0.15, -0.1) is 0 Å². The van der Waals surface area contributed by atoms with E-state index in [1.54, 1.807) is 18.7 Å². The predicted octanol–water partition coefficient (Wildman–Crippen LogP) is 0.359. The number of amides is 1. The third-order valence-corrected chi connectivity index (χ3v) is 3.64. The van der Waals surface area contributed by atoms with Crippen molar-refractivity contribution >= 4 is 17.7 Å². The molecule has 0 radical (unpaired) electrons. The Bertz CT molecular complexity index is 228. The van der Waals surface area contributed by atoms with Gasteiger partial charge in [0.15, 0.2) is 0 Å². The fourth-order valence-electron chi connectivity index (χ4n) is 1.84. The Morgan fingerprint density at radius 2 is 2.38 bits per heavy atom. The van der Waals surface area contributed by atoms with E-state index in [0.717, 1.165) is 25.8 Å². The smallest absolute Gasteiger partial charge is 0.237 e. The number of carbonyl (C=O) groups is 1. The largest absolute Gasteiger partial charge is 0.387 e. The van der Waals surface area contributed by atoms with E-state index in [-0.39, 0.29) is 11.9 Å². The summed E-state index contributed by atoms with van der Waals surface area (Å²) in [6.07, 6.45) is 5.09. The van der Waals surface area contributed by atoms with Gasteiger partial charge in [0.1, 0.15) is 0 Å². The number of thioether (sulfide) groups is 1. The van der Waals surface area contributed by atoms with Crippen molar-refractivity contribution in [1.29, 1.82) is 0 Å². The minimum absolute atomic E-state index is 0.0149. The molecule has 0 aromatic carbocycles. The van der Waals surface area contributed by atoms with E-state index < -0.39 is 5.60 Å². The lowest BCUT2D eigenvalue weighted by Gasteiger charge is -2.26. The van der Waals surface area contributed by atoms with Gasteiger partial charge in [-0.1, -0.05) is 6.42 Å². The lowest BCUT2D eigenvalue weighted by molar-refractivity contribution is -0.124. The zero-order valence-corrected chi connectivity index (χ0v) is 10.9. The fourth-order valence-corrected chi connectivity index (χ4v) is 2.56. The molecule has 1 saturated heterocycles. The van der Waals surface area contributed by atoms with Gasteiger partial charge >= 0.3 is 0 Å². The first-order valence-corrected chi connectivity index (χ1v) is 7.17. The molecule has 3 N–H and O–H groups in total. The minimum Gasteiger partial charge on any atom is -0.387 e. The van der Waals surface area contributed by atoms with E-state index in [1.165, 1.54) is 0 Å². The van der Waals surface area contributed by atoms with Crippen molar-refractivity contribution in [2.24, 2.45) is 0 Å². The Hall–Kier alpha value is -0.260. The van der Waals surface area contributed by atoms with E-state index in [4.69, 9.17) is 0 Å². The molecule has 0 aromatic rings. The maximum absolute atomic E-state index is 11.8. The molecule has 1 aliphatic heterocycles. The van der Waals surface area contributed by atoms with Crippen LogP contribution >= 0.6 is 11.8 Å². The van der Waals surface area contributed by atoms with E-state index in [0.29, 0.717) is 12.3 Å². The summed E-state index contributed by atoms with van der Waals surface area (Å²) in [6, 6.07) is -0.0705. The van der Waals surface area contributed by atoms with Gasteiger partial charge in [-0.2, -0.15) is 11.8 Å². The minimum atomic E-state index is -0.816. The summed E-state index contributed by atoms with van der Waals surface area (Å²) in [5.74, 6) is 0.645. The Labute approximate surface area is 102 Å². The molecular weight excluding hydrogens is 224 g/mol. The van der Waals surface area contributed by atoms with E-state index in [2.05, 4.69) is 10.6 Å². The lowest BCUT2D eigenvalue weighted by Crippen LogP contribution is -2.51. The zero-order valence-electron chi connectivity index (χ0n) is 10.1. The number of rotatable bonds is 5. The topological polar surface area (TPSA) is 61.4 Å². The van der Waals surface area contributed by atoms with Gasteiger partial charge in [-0.3, -0.25) is 4.79 Å². The highest BCUT2D eigenvalue weighted by atomic mass is 32.2. The summed E-state index contributed by atoms with van der Waals surface area (Å²) in [6.45, 7) is 2.99. The zero-order chi connectivity index (χ0) is 12.0. The van der Waals surface area contributed by atoms with Crippen LogP contribution in [0.25, 0.3) is 0 Å². The molecule has 0 saturated carbocycles. The summed E-state index contributed by atoms with van der Waals surface area (Å²) in [7, 11) is 0. The second-order valence-corrected chi connectivity index (χ2v) is 5.52. The second kappa shape index (κ2) is 6.47. The van der Waals surface area contributed by atoms with Crippen LogP contribution in [0.2, 0.25) is 0 Å². The van der Waals surface area contributed by atoms with Gasteiger partial charge in [0.2, 0.25) is 5.91 Å². The van der Waals surface area contributed by atoms with Crippen molar-refractivity contribution in [1.82, 2.24) is 10.6 Å². The molecular formula is C11H22N2O2S. The van der Waals surface area contributed by atoms with Gasteiger partial charge < -0.3 is 15.7 Å². The highest BCUT2D eigenvalue weighted by Crippen LogP contribution is 2.10. The maximum atomic E-state index is 11.8. The molecule has 1 fully saturated rings. The van der Waals surface area contributed by atoms with Crippen LogP contribution in [0.1, 0.15) is 26.2 Å². The van der Waals surface area contributed by atoms with Gasteiger partial charge in [0.05, 0.1) is 11.6 Å². The highest BCUT2D eigenvalue weighted by Gasteiger charge is 2.24. The summed E-state index contributed by atoms with van der Waals surface area (Å²) in [5, 5.41) is 15.9. The standard InChI is InChI=1S/C11H22N2O2S/c1-11(15,8-16-2)7-13-10(14)9-5-3-4-6-12-9/h9,12,15H,3-8H2,1-2H3,(H,13,14). The third kappa shape index (κ3) is 4.72. The van der Waals surface area contributed by atoms with Crippen LogP contribution in [-0.2, 0) is 4.79 Å². The summed E-state index contributed by atoms with van der Waals surface area (Å²) in [4.78, 5) is 11.8. The van der Waals surface area contributed by atoms with Crippen molar-refractivity contribution in [2.75, 3.05) is 25.1 Å². The number of nitrogens with one attached hydrogen (secondary N) is 2. The van der Waals surface area contributed by atoms with Crippen LogP contribution in [-0.4, -0.2) is 47.8 Å². The maximum Gasteiger partial charge on any atom is 0.237 e. The summed E-state index contributed by atoms with van der Waals surface area (Å²) < 4.78 is 0. The molecule has 5 heteroatoms. The van der Waals surface area contributed by atoms with E-state index >= 15 is 0 Å². The Morgan fingerprint density at radius 1 is 1.62 bits per heavy atom. The van der Waals surface area contributed by atoms with Crippen LogP contribution in [0.15, 0.2) is 0 Å². The fraction of sp³-hybridized carbons (Fsp3) is 0.909. The Balaban J connectivity index is 2.28. The normalized spacial score (nSPS) is 24.8. The van der Waals surface area contributed by atoms with Crippen molar-refractivity contribution in [2.45, 2.75) is 37.8 Å². The Kier molecular flexibility index (Phi) is 5.58. The highest BCUT2D eigenvalue weighted by molar-refractivity contribution is 7.98. The first kappa shape index (κ1) is 13.8. The van der Waals surface area contributed by atoms with Gasteiger partial charge in [-0.25, -0.2) is 0 Å². The van der Waals surface area contributed by atoms with Crippen LogP contribution in [0.4, 0.5) is 0 Å². The van der Waals surface area contributed by atoms with Gasteiger partial charge in [-0.05, 0) is 32.6 Å². The molecule has 1 heterocycles. The average molecular weight is 246 g/mol. The third-order valence-electron chi connectivity index (χ3n) is 2.73. The average Bonchev–Trinajstić information content (AvgIpc) is 2.27. The monoisotopic (exact) mass is 246 g/mol. The SMILES string of the molecule is CSCC(C)(O)CNC(=O)C1CCCCN1. The molecule has 16 heavy (non-hydrogen) atoms. The molecule has 94 valence electrons. The Morgan fingerprint density at radius 3 is 2.94 bits per heavy atom. The molecule has 0 aromatic heterocycles. The molecule has 0 spiro atoms. The van der Waals surface area contributed by atoms with E-state index in [9.17, 15) is 9.90 Å². The van der Waals surface area contributed by atoms with Crippen molar-refractivity contribution in [3.05, 3.63) is 0 Å². The number of carbonyl (C=O) groups excluding carboxylic acids is 1. The molecule has 2 atom stereocenters. The summed E-state index contributed by atoms with van der Waals surface area (Å²) in [5.41, 5.74) is -0.816. The van der Waals surface area contributed by atoms with Crippen molar-refractivity contribution in [3.8, 4) is 0 Å². The first-order chi connectivity index (χ1) is 7.55.